The summed E-state index contributed by atoms with van der Waals surface area (Å²) in [4.78, 5) is 15.9. The van der Waals surface area contributed by atoms with Crippen LogP contribution in [0.3, 0.4) is 0 Å². The predicted molar refractivity (Wildman–Crippen MR) is 102 cm³/mol. The number of amides is 1. The summed E-state index contributed by atoms with van der Waals surface area (Å²) in [6, 6.07) is 14.0. The van der Waals surface area contributed by atoms with Crippen molar-refractivity contribution in [2.45, 2.75) is 29.9 Å². The first kappa shape index (κ1) is 17.7. The highest BCUT2D eigenvalue weighted by Crippen LogP contribution is 2.46. The van der Waals surface area contributed by atoms with Crippen molar-refractivity contribution in [2.24, 2.45) is 0 Å². The van der Waals surface area contributed by atoms with E-state index < -0.39 is 0 Å². The van der Waals surface area contributed by atoms with E-state index in [4.69, 9.17) is 9.47 Å². The fourth-order valence-corrected chi connectivity index (χ4v) is 4.36. The van der Waals surface area contributed by atoms with Gasteiger partial charge in [0.2, 0.25) is 5.91 Å². The zero-order valence-corrected chi connectivity index (χ0v) is 15.6. The van der Waals surface area contributed by atoms with Crippen LogP contribution < -0.4 is 14.4 Å². The Morgan fingerprint density at radius 3 is 2.60 bits per heavy atom. The highest BCUT2D eigenvalue weighted by Gasteiger charge is 2.29. The molecule has 3 rings (SSSR count). The summed E-state index contributed by atoms with van der Waals surface area (Å²) in [5, 5.41) is 0.0512. The molecule has 2 aromatic carbocycles. The number of anilines is 1. The molecule has 0 spiro atoms. The molecule has 2 aromatic rings. The number of para-hydroxylation sites is 1. The number of hydrogen-bond donors (Lipinski definition) is 0. The van der Waals surface area contributed by atoms with E-state index in [1.54, 1.807) is 26.0 Å². The maximum Gasteiger partial charge on any atom is 0.228 e. The Bertz CT molecular complexity index is 762. The Hall–Kier alpha value is -2.14. The quantitative estimate of drug-likeness (QED) is 0.778. The Morgan fingerprint density at radius 1 is 1.12 bits per heavy atom. The van der Waals surface area contributed by atoms with Gasteiger partial charge in [-0.3, -0.25) is 4.79 Å². The van der Waals surface area contributed by atoms with Gasteiger partial charge in [-0.05, 0) is 36.2 Å². The first-order chi connectivity index (χ1) is 12.2. The summed E-state index contributed by atoms with van der Waals surface area (Å²) in [6.45, 7) is 2.84. The van der Waals surface area contributed by atoms with Crippen LogP contribution in [0.5, 0.6) is 11.5 Å². The van der Waals surface area contributed by atoms with Gasteiger partial charge >= 0.3 is 0 Å². The zero-order chi connectivity index (χ0) is 17.8. The normalized spacial score (nSPS) is 17.0. The van der Waals surface area contributed by atoms with Crippen LogP contribution in [0.1, 0.15) is 30.6 Å². The molecule has 0 bridgehead atoms. The van der Waals surface area contributed by atoms with Gasteiger partial charge in [-0.2, -0.15) is 0 Å². The van der Waals surface area contributed by atoms with Crippen LogP contribution in [0, 0.1) is 0 Å². The third-order valence-electron chi connectivity index (χ3n) is 4.31. The van der Waals surface area contributed by atoms with Gasteiger partial charge in [0.15, 0.2) is 11.5 Å². The van der Waals surface area contributed by atoms with Gasteiger partial charge in [0.25, 0.3) is 0 Å². The van der Waals surface area contributed by atoms with Crippen LogP contribution in [-0.2, 0) is 4.79 Å². The van der Waals surface area contributed by atoms with Crippen LogP contribution >= 0.6 is 11.8 Å². The summed E-state index contributed by atoms with van der Waals surface area (Å²) in [5.74, 6) is 1.55. The Labute approximate surface area is 153 Å². The van der Waals surface area contributed by atoms with E-state index in [2.05, 4.69) is 13.0 Å². The number of methoxy groups -OCH3 is 2. The van der Waals surface area contributed by atoms with E-state index in [1.807, 2.05) is 41.3 Å². The standard InChI is InChI=1S/C20H23NO3S/c1-4-11-21-15-7-5-6-8-18(15)25-19(13-20(21)22)14-9-10-16(23-2)17(12-14)24-3/h5-10,12,19H,4,11,13H2,1-3H3/t19-/m0/s1. The van der Waals surface area contributed by atoms with Gasteiger partial charge in [0.1, 0.15) is 0 Å². The summed E-state index contributed by atoms with van der Waals surface area (Å²) >= 11 is 1.74. The molecule has 5 heteroatoms. The molecule has 0 unspecified atom stereocenters. The van der Waals surface area contributed by atoms with Crippen molar-refractivity contribution in [2.75, 3.05) is 25.7 Å². The van der Waals surface area contributed by atoms with Crippen molar-refractivity contribution in [1.29, 1.82) is 0 Å². The molecule has 0 N–H and O–H groups in total. The molecule has 0 fully saturated rings. The molecule has 4 nitrogen and oxygen atoms in total. The van der Waals surface area contributed by atoms with E-state index in [9.17, 15) is 4.79 Å². The number of benzene rings is 2. The fourth-order valence-electron chi connectivity index (χ4n) is 3.09. The SMILES string of the molecule is CCCN1C(=O)C[C@@H](c2ccc(OC)c(OC)c2)Sc2ccccc21. The highest BCUT2D eigenvalue weighted by molar-refractivity contribution is 7.99. The number of rotatable bonds is 5. The number of nitrogens with zero attached hydrogens (tertiary/aromatic N) is 1. The van der Waals surface area contributed by atoms with Gasteiger partial charge in [0, 0.05) is 23.1 Å². The second kappa shape index (κ2) is 7.83. The number of carbonyl (C=O) groups is 1. The second-order valence-corrected chi connectivity index (χ2v) is 7.18. The van der Waals surface area contributed by atoms with Crippen LogP contribution in [0.4, 0.5) is 5.69 Å². The second-order valence-electron chi connectivity index (χ2n) is 5.94. The minimum Gasteiger partial charge on any atom is -0.493 e. The zero-order valence-electron chi connectivity index (χ0n) is 14.8. The van der Waals surface area contributed by atoms with Gasteiger partial charge in [-0.25, -0.2) is 0 Å². The largest absolute Gasteiger partial charge is 0.493 e. The highest BCUT2D eigenvalue weighted by atomic mass is 32.2. The fraction of sp³-hybridized carbons (Fsp3) is 0.350. The van der Waals surface area contributed by atoms with Crippen molar-refractivity contribution in [3.63, 3.8) is 0 Å². The molecular formula is C20H23NO3S. The average molecular weight is 357 g/mol. The van der Waals surface area contributed by atoms with Gasteiger partial charge in [-0.1, -0.05) is 25.1 Å². The maximum atomic E-state index is 12.9. The van der Waals surface area contributed by atoms with Crippen molar-refractivity contribution in [3.05, 3.63) is 48.0 Å². The summed E-state index contributed by atoms with van der Waals surface area (Å²) < 4.78 is 10.7. The van der Waals surface area contributed by atoms with Crippen molar-refractivity contribution < 1.29 is 14.3 Å². The number of hydrogen-bond acceptors (Lipinski definition) is 4. The lowest BCUT2D eigenvalue weighted by atomic mass is 10.1. The predicted octanol–water partition coefficient (Wildman–Crippen LogP) is 4.68. The van der Waals surface area contributed by atoms with E-state index in [-0.39, 0.29) is 11.2 Å². The molecule has 1 heterocycles. The topological polar surface area (TPSA) is 38.8 Å². The molecule has 1 aliphatic heterocycles. The van der Waals surface area contributed by atoms with Crippen LogP contribution in [-0.4, -0.2) is 26.7 Å². The van der Waals surface area contributed by atoms with Gasteiger partial charge in [0.05, 0.1) is 19.9 Å². The minimum absolute atomic E-state index is 0.0512. The first-order valence-electron chi connectivity index (χ1n) is 8.46. The molecule has 0 aromatic heterocycles. The lowest BCUT2D eigenvalue weighted by Crippen LogP contribution is -2.31. The summed E-state index contributed by atoms with van der Waals surface area (Å²) in [7, 11) is 3.26. The molecule has 0 radical (unpaired) electrons. The van der Waals surface area contributed by atoms with Gasteiger partial charge < -0.3 is 14.4 Å². The molecule has 25 heavy (non-hydrogen) atoms. The molecule has 1 atom stereocenters. The third-order valence-corrected chi connectivity index (χ3v) is 5.64. The van der Waals surface area contributed by atoms with Crippen molar-refractivity contribution in [1.82, 2.24) is 0 Å². The average Bonchev–Trinajstić information content (AvgIpc) is 2.78. The lowest BCUT2D eigenvalue weighted by molar-refractivity contribution is -0.118. The Balaban J connectivity index is 1.98. The number of thioether (sulfide) groups is 1. The van der Waals surface area contributed by atoms with Crippen LogP contribution in [0.2, 0.25) is 0 Å². The summed E-state index contributed by atoms with van der Waals surface area (Å²) in [6.07, 6.45) is 1.40. The number of ether oxygens (including phenoxy) is 2. The van der Waals surface area contributed by atoms with E-state index in [0.717, 1.165) is 29.1 Å². The smallest absolute Gasteiger partial charge is 0.228 e. The van der Waals surface area contributed by atoms with Crippen molar-refractivity contribution >= 4 is 23.4 Å². The van der Waals surface area contributed by atoms with E-state index in [1.165, 1.54) is 0 Å². The monoisotopic (exact) mass is 357 g/mol. The van der Waals surface area contributed by atoms with Crippen LogP contribution in [0.15, 0.2) is 47.4 Å². The molecule has 0 aliphatic carbocycles. The van der Waals surface area contributed by atoms with Crippen molar-refractivity contribution in [3.8, 4) is 11.5 Å². The van der Waals surface area contributed by atoms with E-state index in [0.29, 0.717) is 17.9 Å². The number of fused-ring (bicyclic) bond motifs is 1. The molecule has 0 saturated carbocycles. The maximum absolute atomic E-state index is 12.9. The Morgan fingerprint density at radius 2 is 1.88 bits per heavy atom. The molecule has 1 aliphatic rings. The molecule has 132 valence electrons. The third kappa shape index (κ3) is 3.61. The molecular weight excluding hydrogens is 334 g/mol. The lowest BCUT2D eigenvalue weighted by Gasteiger charge is -2.21. The summed E-state index contributed by atoms with van der Waals surface area (Å²) in [5.41, 5.74) is 2.09. The van der Waals surface area contributed by atoms with Crippen LogP contribution in [0.25, 0.3) is 0 Å². The van der Waals surface area contributed by atoms with Gasteiger partial charge in [-0.15, -0.1) is 11.8 Å². The Kier molecular flexibility index (Phi) is 5.53. The molecule has 1 amide bonds. The van der Waals surface area contributed by atoms with E-state index >= 15 is 0 Å². The number of carbonyl (C=O) groups excluding carboxylic acids is 1. The minimum atomic E-state index is 0.0512. The first-order valence-corrected chi connectivity index (χ1v) is 9.33. The molecule has 0 saturated heterocycles.